The molecule has 1 unspecified atom stereocenters. The normalized spacial score (nSPS) is 17.5. The molecule has 1 atom stereocenters. The molecule has 1 amide bonds. The van der Waals surface area contributed by atoms with E-state index in [0.29, 0.717) is 19.6 Å². The molecule has 1 aliphatic heterocycles. The second kappa shape index (κ2) is 9.18. The van der Waals surface area contributed by atoms with Gasteiger partial charge in [-0.3, -0.25) is 9.59 Å². The molecular weight excluding hydrogens is 342 g/mol. The highest BCUT2D eigenvalue weighted by Crippen LogP contribution is 2.38. The van der Waals surface area contributed by atoms with E-state index in [0.717, 1.165) is 12.0 Å². The summed E-state index contributed by atoms with van der Waals surface area (Å²) in [4.78, 5) is 27.1. The predicted molar refractivity (Wildman–Crippen MR) is 105 cm³/mol. The van der Waals surface area contributed by atoms with Crippen LogP contribution in [-0.2, 0) is 20.7 Å². The van der Waals surface area contributed by atoms with E-state index in [2.05, 4.69) is 6.92 Å². The zero-order chi connectivity index (χ0) is 20.1. The number of hydrogen-bond donors (Lipinski definition) is 1. The largest absolute Gasteiger partial charge is 0.503 e. The molecule has 0 saturated carbocycles. The summed E-state index contributed by atoms with van der Waals surface area (Å²) in [6.07, 6.45) is 1.26. The van der Waals surface area contributed by atoms with Gasteiger partial charge < -0.3 is 14.7 Å². The first-order valence-electron chi connectivity index (χ1n) is 9.73. The maximum Gasteiger partial charge on any atom is 0.290 e. The summed E-state index contributed by atoms with van der Waals surface area (Å²) >= 11 is 0. The van der Waals surface area contributed by atoms with Crippen molar-refractivity contribution in [1.29, 1.82) is 0 Å². The number of aliphatic hydroxyl groups excluding tert-OH is 1. The van der Waals surface area contributed by atoms with E-state index in [1.807, 2.05) is 52.0 Å². The van der Waals surface area contributed by atoms with Crippen LogP contribution in [0.4, 0.5) is 0 Å². The number of aryl methyl sites for hydroxylation is 1. The molecule has 1 N–H and O–H groups in total. The summed E-state index contributed by atoms with van der Waals surface area (Å²) in [5.41, 5.74) is 2.23. The third-order valence-corrected chi connectivity index (χ3v) is 4.68. The Morgan fingerprint density at radius 3 is 2.33 bits per heavy atom. The maximum absolute atomic E-state index is 12.8. The van der Waals surface area contributed by atoms with Gasteiger partial charge in [0.15, 0.2) is 11.5 Å². The molecule has 1 aromatic rings. The van der Waals surface area contributed by atoms with Crippen LogP contribution >= 0.6 is 0 Å². The monoisotopic (exact) mass is 373 g/mol. The average molecular weight is 373 g/mol. The van der Waals surface area contributed by atoms with Crippen LogP contribution in [0.3, 0.4) is 0 Å². The average Bonchev–Trinajstić information content (AvgIpc) is 2.86. The highest BCUT2D eigenvalue weighted by molar-refractivity contribution is 6.09. The van der Waals surface area contributed by atoms with Gasteiger partial charge in [-0.2, -0.15) is 0 Å². The third kappa shape index (κ3) is 4.98. The van der Waals surface area contributed by atoms with E-state index in [1.165, 1.54) is 5.56 Å². The van der Waals surface area contributed by atoms with Gasteiger partial charge in [-0.1, -0.05) is 45.0 Å². The lowest BCUT2D eigenvalue weighted by Crippen LogP contribution is -2.34. The van der Waals surface area contributed by atoms with E-state index in [4.69, 9.17) is 4.74 Å². The van der Waals surface area contributed by atoms with E-state index < -0.39 is 17.7 Å². The summed E-state index contributed by atoms with van der Waals surface area (Å²) in [6.45, 7) is 10.5. The molecule has 148 valence electrons. The Hall–Kier alpha value is -2.14. The van der Waals surface area contributed by atoms with E-state index in [9.17, 15) is 14.7 Å². The Labute approximate surface area is 162 Å². The van der Waals surface area contributed by atoms with E-state index in [1.54, 1.807) is 4.90 Å². The number of aliphatic hydroxyl groups is 1. The van der Waals surface area contributed by atoms with Crippen molar-refractivity contribution in [1.82, 2.24) is 4.90 Å². The number of hydrogen-bond acceptors (Lipinski definition) is 4. The molecule has 1 heterocycles. The Morgan fingerprint density at radius 2 is 1.81 bits per heavy atom. The molecule has 0 fully saturated rings. The van der Waals surface area contributed by atoms with Crippen LogP contribution in [0.25, 0.3) is 0 Å². The highest BCUT2D eigenvalue weighted by atomic mass is 16.5. The van der Waals surface area contributed by atoms with Gasteiger partial charge in [0.05, 0.1) is 24.3 Å². The van der Waals surface area contributed by atoms with Gasteiger partial charge in [0, 0.05) is 13.0 Å². The number of carbonyl (C=O) groups is 2. The summed E-state index contributed by atoms with van der Waals surface area (Å²) in [6, 6.07) is 7.32. The Morgan fingerprint density at radius 1 is 1.19 bits per heavy atom. The minimum absolute atomic E-state index is 0.0496. The quantitative estimate of drug-likeness (QED) is 0.711. The number of nitrogens with zero attached hydrogens (tertiary/aromatic N) is 1. The number of carbonyl (C=O) groups excluding carboxylic acids is 2. The van der Waals surface area contributed by atoms with Crippen molar-refractivity contribution in [2.75, 3.05) is 13.2 Å². The molecule has 0 bridgehead atoms. The lowest BCUT2D eigenvalue weighted by atomic mass is 9.91. The van der Waals surface area contributed by atoms with Crippen molar-refractivity contribution in [2.45, 2.75) is 59.6 Å². The molecule has 0 saturated heterocycles. The molecule has 0 spiro atoms. The first-order chi connectivity index (χ1) is 12.8. The first kappa shape index (κ1) is 21.2. The van der Waals surface area contributed by atoms with Crippen LogP contribution in [0, 0.1) is 5.92 Å². The molecule has 27 heavy (non-hydrogen) atoms. The molecule has 2 rings (SSSR count). The van der Waals surface area contributed by atoms with Crippen molar-refractivity contribution in [3.8, 4) is 0 Å². The lowest BCUT2D eigenvalue weighted by Gasteiger charge is -2.27. The Balaban J connectivity index is 2.38. The van der Waals surface area contributed by atoms with Gasteiger partial charge in [-0.05, 0) is 37.3 Å². The van der Waals surface area contributed by atoms with Crippen molar-refractivity contribution in [3.05, 3.63) is 46.7 Å². The Kier molecular flexibility index (Phi) is 7.19. The fraction of sp³-hybridized carbons (Fsp3) is 0.545. The highest BCUT2D eigenvalue weighted by Gasteiger charge is 2.43. The molecule has 0 aliphatic carbocycles. The number of amides is 1. The zero-order valence-corrected chi connectivity index (χ0v) is 17.0. The maximum atomic E-state index is 12.8. The molecule has 0 aromatic heterocycles. The number of ether oxygens (including phenoxy) is 1. The summed E-state index contributed by atoms with van der Waals surface area (Å²) < 4.78 is 5.59. The van der Waals surface area contributed by atoms with E-state index >= 15 is 0 Å². The topological polar surface area (TPSA) is 66.8 Å². The fourth-order valence-electron chi connectivity index (χ4n) is 3.32. The summed E-state index contributed by atoms with van der Waals surface area (Å²) in [5.74, 6) is -0.948. The lowest BCUT2D eigenvalue weighted by molar-refractivity contribution is -0.130. The van der Waals surface area contributed by atoms with Crippen LogP contribution in [-0.4, -0.2) is 41.0 Å². The van der Waals surface area contributed by atoms with Crippen LogP contribution in [0.15, 0.2) is 35.6 Å². The molecule has 0 radical (unpaired) electrons. The smallest absolute Gasteiger partial charge is 0.290 e. The molecule has 1 aromatic carbocycles. The van der Waals surface area contributed by atoms with Crippen molar-refractivity contribution < 1.29 is 19.4 Å². The first-order valence-corrected chi connectivity index (χ1v) is 9.73. The molecule has 5 heteroatoms. The van der Waals surface area contributed by atoms with Crippen LogP contribution in [0.2, 0.25) is 0 Å². The molecular formula is C22H31NO4. The van der Waals surface area contributed by atoms with Gasteiger partial charge in [0.2, 0.25) is 0 Å². The van der Waals surface area contributed by atoms with Gasteiger partial charge in [-0.25, -0.2) is 0 Å². The van der Waals surface area contributed by atoms with Crippen molar-refractivity contribution >= 4 is 11.7 Å². The minimum atomic E-state index is -0.564. The van der Waals surface area contributed by atoms with Gasteiger partial charge in [-0.15, -0.1) is 0 Å². The number of rotatable bonds is 9. The summed E-state index contributed by atoms with van der Waals surface area (Å²) in [7, 11) is 0. The molecule has 1 aliphatic rings. The van der Waals surface area contributed by atoms with Crippen LogP contribution in [0.1, 0.15) is 58.2 Å². The fourth-order valence-corrected chi connectivity index (χ4v) is 3.32. The van der Waals surface area contributed by atoms with E-state index in [-0.39, 0.29) is 23.4 Å². The zero-order valence-electron chi connectivity index (χ0n) is 17.0. The standard InChI is InChI=1S/C22H31NO4/c1-6-16-7-9-17(10-8-16)20-19(18(24)13-14(2)3)21(25)22(26)23(20)11-12-27-15(4)5/h7-10,14-15,20,25H,6,11-13H2,1-5H3. The van der Waals surface area contributed by atoms with Crippen molar-refractivity contribution in [2.24, 2.45) is 5.92 Å². The van der Waals surface area contributed by atoms with Crippen LogP contribution < -0.4 is 0 Å². The molecule has 5 nitrogen and oxygen atoms in total. The SMILES string of the molecule is CCc1ccc(C2C(C(=O)CC(C)C)=C(O)C(=O)N2CCOC(C)C)cc1. The second-order valence-corrected chi connectivity index (χ2v) is 7.70. The number of ketones is 1. The van der Waals surface area contributed by atoms with Crippen LogP contribution in [0.5, 0.6) is 0 Å². The van der Waals surface area contributed by atoms with Gasteiger partial charge in [0.1, 0.15) is 0 Å². The third-order valence-electron chi connectivity index (χ3n) is 4.68. The number of Topliss-reactive ketones (excluding diaryl/α,β-unsaturated/α-hetero) is 1. The second-order valence-electron chi connectivity index (χ2n) is 7.70. The summed E-state index contributed by atoms with van der Waals surface area (Å²) in [5, 5.41) is 10.5. The number of benzene rings is 1. The predicted octanol–water partition coefficient (Wildman–Crippen LogP) is 3.98. The van der Waals surface area contributed by atoms with Gasteiger partial charge >= 0.3 is 0 Å². The Bertz CT molecular complexity index is 704. The van der Waals surface area contributed by atoms with Crippen molar-refractivity contribution in [3.63, 3.8) is 0 Å². The van der Waals surface area contributed by atoms with Gasteiger partial charge in [0.25, 0.3) is 5.91 Å². The minimum Gasteiger partial charge on any atom is -0.503 e.